The van der Waals surface area contributed by atoms with Crippen LogP contribution in [0.4, 0.5) is 0 Å². The van der Waals surface area contributed by atoms with Gasteiger partial charge in [-0.25, -0.2) is 15.0 Å². The fraction of sp³-hybridized carbons (Fsp3) is 0.346. The monoisotopic (exact) mass is 510 g/mol. The molecule has 0 aliphatic carbocycles. The van der Waals surface area contributed by atoms with E-state index in [2.05, 4.69) is 41.8 Å². The summed E-state index contributed by atoms with van der Waals surface area (Å²) in [5.74, 6) is 2.89. The van der Waals surface area contributed by atoms with Crippen LogP contribution >= 0.6 is 35.3 Å². The van der Waals surface area contributed by atoms with Gasteiger partial charge < -0.3 is 0 Å². The SMILES string of the molecule is CCCSC(=CC(=O)c1cc(-c2cc(SCCC)cc(-c3ccccn3)n2)ncn1)SCCC. The van der Waals surface area contributed by atoms with E-state index in [9.17, 15) is 4.79 Å². The van der Waals surface area contributed by atoms with E-state index in [-0.39, 0.29) is 5.78 Å². The molecule has 0 spiro atoms. The first-order valence-corrected chi connectivity index (χ1v) is 14.5. The van der Waals surface area contributed by atoms with E-state index in [1.54, 1.807) is 53.6 Å². The van der Waals surface area contributed by atoms with E-state index in [0.717, 1.165) is 57.0 Å². The molecule has 0 unspecified atom stereocenters. The molecule has 3 aromatic rings. The number of aromatic nitrogens is 4. The van der Waals surface area contributed by atoms with Gasteiger partial charge in [-0.2, -0.15) is 0 Å². The molecule has 34 heavy (non-hydrogen) atoms. The summed E-state index contributed by atoms with van der Waals surface area (Å²) in [6.07, 6.45) is 8.14. The lowest BCUT2D eigenvalue weighted by molar-refractivity contribution is 0.104. The predicted octanol–water partition coefficient (Wildman–Crippen LogP) is 7.41. The van der Waals surface area contributed by atoms with Crippen LogP contribution in [0, 0.1) is 0 Å². The van der Waals surface area contributed by atoms with Crippen LogP contribution in [0.25, 0.3) is 22.8 Å². The number of ketones is 1. The highest BCUT2D eigenvalue weighted by atomic mass is 32.2. The van der Waals surface area contributed by atoms with Crippen molar-refractivity contribution >= 4 is 41.1 Å². The Hall–Kier alpha value is -2.16. The molecule has 3 heterocycles. The summed E-state index contributed by atoms with van der Waals surface area (Å²) in [5.41, 5.74) is 3.32. The van der Waals surface area contributed by atoms with E-state index in [1.807, 2.05) is 24.3 Å². The third-order valence-electron chi connectivity index (χ3n) is 4.53. The van der Waals surface area contributed by atoms with Gasteiger partial charge in [0.15, 0.2) is 0 Å². The summed E-state index contributed by atoms with van der Waals surface area (Å²) in [6.45, 7) is 6.45. The second kappa shape index (κ2) is 14.3. The number of allylic oxidation sites excluding steroid dienone is 1. The summed E-state index contributed by atoms with van der Waals surface area (Å²) >= 11 is 5.24. The van der Waals surface area contributed by atoms with E-state index in [1.165, 1.54) is 6.33 Å². The van der Waals surface area contributed by atoms with Gasteiger partial charge in [-0.1, -0.05) is 26.8 Å². The molecule has 0 fully saturated rings. The number of rotatable bonds is 13. The third kappa shape index (κ3) is 7.96. The van der Waals surface area contributed by atoms with Crippen molar-refractivity contribution in [3.05, 3.63) is 64.9 Å². The maximum absolute atomic E-state index is 13.0. The fourth-order valence-electron chi connectivity index (χ4n) is 2.93. The topological polar surface area (TPSA) is 68.6 Å². The zero-order chi connectivity index (χ0) is 24.2. The van der Waals surface area contributed by atoms with E-state index < -0.39 is 0 Å². The smallest absolute Gasteiger partial charge is 0.205 e. The first-order chi connectivity index (χ1) is 16.6. The maximum Gasteiger partial charge on any atom is 0.205 e. The van der Waals surface area contributed by atoms with Crippen LogP contribution in [0.15, 0.2) is 64.1 Å². The van der Waals surface area contributed by atoms with Gasteiger partial charge in [0.25, 0.3) is 0 Å². The van der Waals surface area contributed by atoms with Crippen molar-refractivity contribution in [2.75, 3.05) is 17.3 Å². The van der Waals surface area contributed by atoms with Crippen LogP contribution in [-0.2, 0) is 0 Å². The molecule has 0 aromatic carbocycles. The highest BCUT2D eigenvalue weighted by Gasteiger charge is 2.13. The summed E-state index contributed by atoms with van der Waals surface area (Å²) < 4.78 is 1.04. The Morgan fingerprint density at radius 2 is 1.53 bits per heavy atom. The molecule has 0 aliphatic heterocycles. The van der Waals surface area contributed by atoms with Crippen molar-refractivity contribution in [2.24, 2.45) is 0 Å². The van der Waals surface area contributed by atoms with Gasteiger partial charge >= 0.3 is 0 Å². The Labute approximate surface area is 215 Å². The van der Waals surface area contributed by atoms with Gasteiger partial charge in [0.2, 0.25) is 5.78 Å². The van der Waals surface area contributed by atoms with Gasteiger partial charge in [0.05, 0.1) is 22.8 Å². The average molecular weight is 511 g/mol. The zero-order valence-electron chi connectivity index (χ0n) is 19.9. The highest BCUT2D eigenvalue weighted by Crippen LogP contribution is 2.31. The lowest BCUT2D eigenvalue weighted by Crippen LogP contribution is -2.02. The largest absolute Gasteiger partial charge is 0.287 e. The Balaban J connectivity index is 1.94. The molecule has 8 heteroatoms. The van der Waals surface area contributed by atoms with Crippen molar-refractivity contribution in [1.82, 2.24) is 19.9 Å². The number of thioether (sulfide) groups is 3. The Bertz CT molecular complexity index is 1100. The predicted molar refractivity (Wildman–Crippen MR) is 147 cm³/mol. The molecule has 3 aromatic heterocycles. The number of nitrogens with zero attached hydrogens (tertiary/aromatic N) is 4. The average Bonchev–Trinajstić information content (AvgIpc) is 2.89. The number of pyridine rings is 2. The molecular weight excluding hydrogens is 481 g/mol. The lowest BCUT2D eigenvalue weighted by atomic mass is 10.1. The van der Waals surface area contributed by atoms with E-state index >= 15 is 0 Å². The molecule has 0 radical (unpaired) electrons. The Morgan fingerprint density at radius 3 is 2.18 bits per heavy atom. The van der Waals surface area contributed by atoms with Crippen LogP contribution in [0.1, 0.15) is 50.5 Å². The number of hydrogen-bond acceptors (Lipinski definition) is 8. The minimum absolute atomic E-state index is 0.104. The van der Waals surface area contributed by atoms with Gasteiger partial charge in [-0.05, 0) is 66.9 Å². The van der Waals surface area contributed by atoms with Crippen molar-refractivity contribution < 1.29 is 4.79 Å². The molecule has 5 nitrogen and oxygen atoms in total. The first kappa shape index (κ1) is 26.4. The molecular formula is C26H30N4OS3. The van der Waals surface area contributed by atoms with Crippen molar-refractivity contribution in [3.8, 4) is 22.8 Å². The molecule has 3 rings (SSSR count). The molecule has 0 bridgehead atoms. The lowest BCUT2D eigenvalue weighted by Gasteiger charge is -2.09. The van der Waals surface area contributed by atoms with Crippen LogP contribution < -0.4 is 0 Å². The summed E-state index contributed by atoms with van der Waals surface area (Å²) in [5, 5.41) is 0. The maximum atomic E-state index is 13.0. The summed E-state index contributed by atoms with van der Waals surface area (Å²) in [7, 11) is 0. The number of hydrogen-bond donors (Lipinski definition) is 0. The molecule has 0 saturated heterocycles. The van der Waals surface area contributed by atoms with Crippen molar-refractivity contribution in [3.63, 3.8) is 0 Å². The second-order valence-corrected chi connectivity index (χ2v) is 11.2. The summed E-state index contributed by atoms with van der Waals surface area (Å²) in [6, 6.07) is 11.6. The minimum Gasteiger partial charge on any atom is -0.287 e. The highest BCUT2D eigenvalue weighted by molar-refractivity contribution is 8.22. The number of carbonyl (C=O) groups is 1. The quantitative estimate of drug-likeness (QED) is 0.134. The van der Waals surface area contributed by atoms with Crippen molar-refractivity contribution in [2.45, 2.75) is 44.9 Å². The molecule has 0 atom stereocenters. The van der Waals surface area contributed by atoms with Crippen LogP contribution in [0.3, 0.4) is 0 Å². The molecule has 0 aliphatic rings. The second-order valence-electron chi connectivity index (χ2n) is 7.45. The molecule has 0 saturated carbocycles. The van der Waals surface area contributed by atoms with E-state index in [0.29, 0.717) is 17.1 Å². The normalized spacial score (nSPS) is 10.8. The van der Waals surface area contributed by atoms with Gasteiger partial charge in [-0.15, -0.1) is 35.3 Å². The van der Waals surface area contributed by atoms with Gasteiger partial charge in [0, 0.05) is 21.4 Å². The molecule has 0 amide bonds. The first-order valence-electron chi connectivity index (χ1n) is 11.5. The third-order valence-corrected chi connectivity index (χ3v) is 8.44. The van der Waals surface area contributed by atoms with Crippen LogP contribution in [0.2, 0.25) is 0 Å². The number of carbonyl (C=O) groups excluding carboxylic acids is 1. The summed E-state index contributed by atoms with van der Waals surface area (Å²) in [4.78, 5) is 32.1. The molecule has 0 N–H and O–H groups in total. The van der Waals surface area contributed by atoms with E-state index in [4.69, 9.17) is 4.98 Å². The van der Waals surface area contributed by atoms with Gasteiger partial charge in [0.1, 0.15) is 12.0 Å². The van der Waals surface area contributed by atoms with Crippen LogP contribution in [-0.4, -0.2) is 43.0 Å². The molecule has 178 valence electrons. The minimum atomic E-state index is -0.104. The fourth-order valence-corrected chi connectivity index (χ4v) is 5.78. The van der Waals surface area contributed by atoms with Crippen molar-refractivity contribution in [1.29, 1.82) is 0 Å². The standard InChI is InChI=1S/C26H30N4OS3/c1-4-11-32-19-14-22(20-9-7-8-10-27-20)30-23(15-19)21-16-24(29-18-28-21)25(31)17-26(33-12-5-2)34-13-6-3/h7-10,14-18H,4-6,11-13H2,1-3H3. The zero-order valence-corrected chi connectivity index (χ0v) is 22.3. The Kier molecular flexibility index (Phi) is 11.1. The van der Waals surface area contributed by atoms with Gasteiger partial charge in [-0.3, -0.25) is 9.78 Å². The van der Waals surface area contributed by atoms with Crippen LogP contribution in [0.5, 0.6) is 0 Å². The Morgan fingerprint density at radius 1 is 0.824 bits per heavy atom.